The van der Waals surface area contributed by atoms with Crippen LogP contribution in [0.4, 0.5) is 11.4 Å². The van der Waals surface area contributed by atoms with E-state index in [2.05, 4.69) is 0 Å². The molecule has 4 N–H and O–H groups in total. The number of benzene rings is 2. The van der Waals surface area contributed by atoms with Crippen LogP contribution in [0.15, 0.2) is 30.3 Å². The van der Waals surface area contributed by atoms with Crippen molar-refractivity contribution in [1.82, 2.24) is 0 Å². The molecule has 0 radical (unpaired) electrons. The fraction of sp³-hybridized carbons (Fsp3) is 0.400. The lowest BCUT2D eigenvalue weighted by atomic mass is 9.70. The minimum absolute atomic E-state index is 0.00615. The van der Waals surface area contributed by atoms with Crippen LogP contribution < -0.4 is 11.5 Å². The molecular formula is C25H26N2O4. The molecule has 3 aliphatic rings. The van der Waals surface area contributed by atoms with Crippen molar-refractivity contribution in [2.24, 2.45) is 11.8 Å². The Hall–Kier alpha value is -3.15. The van der Waals surface area contributed by atoms with Gasteiger partial charge < -0.3 is 16.2 Å². The van der Waals surface area contributed by atoms with Crippen LogP contribution in [0.3, 0.4) is 0 Å². The molecule has 2 saturated carbocycles. The van der Waals surface area contributed by atoms with Gasteiger partial charge >= 0.3 is 5.97 Å². The van der Waals surface area contributed by atoms with Crippen molar-refractivity contribution in [3.05, 3.63) is 58.1 Å². The number of fused-ring (bicyclic) bond motifs is 3. The second-order valence-electron chi connectivity index (χ2n) is 9.03. The molecule has 0 bridgehead atoms. The van der Waals surface area contributed by atoms with E-state index in [1.165, 1.54) is 31.7 Å². The van der Waals surface area contributed by atoms with Crippen LogP contribution in [-0.2, 0) is 4.74 Å². The average molecular weight is 418 g/mol. The van der Waals surface area contributed by atoms with Crippen LogP contribution in [-0.4, -0.2) is 23.6 Å². The molecule has 2 aromatic carbocycles. The second-order valence-corrected chi connectivity index (χ2v) is 9.03. The third-order valence-electron chi connectivity index (χ3n) is 7.25. The molecule has 0 amide bonds. The summed E-state index contributed by atoms with van der Waals surface area (Å²) in [4.78, 5) is 39.1. The quantitative estimate of drug-likeness (QED) is 0.478. The average Bonchev–Trinajstić information content (AvgIpc) is 2.78. The summed E-state index contributed by atoms with van der Waals surface area (Å²) in [7, 11) is 0. The highest BCUT2D eigenvalue weighted by atomic mass is 16.5. The summed E-state index contributed by atoms with van der Waals surface area (Å²) in [5.41, 5.74) is 13.1. The van der Waals surface area contributed by atoms with Crippen molar-refractivity contribution < 1.29 is 19.1 Å². The molecule has 0 heterocycles. The largest absolute Gasteiger partial charge is 0.459 e. The van der Waals surface area contributed by atoms with E-state index in [0.29, 0.717) is 11.5 Å². The van der Waals surface area contributed by atoms with Crippen LogP contribution in [0.1, 0.15) is 87.1 Å². The Morgan fingerprint density at radius 2 is 1.52 bits per heavy atom. The Kier molecular flexibility index (Phi) is 4.80. The number of ether oxygens (including phenoxy) is 1. The van der Waals surface area contributed by atoms with E-state index in [1.54, 1.807) is 24.3 Å². The van der Waals surface area contributed by atoms with Gasteiger partial charge in [0, 0.05) is 16.8 Å². The molecule has 0 spiro atoms. The molecule has 3 atom stereocenters. The Morgan fingerprint density at radius 1 is 0.871 bits per heavy atom. The predicted octanol–water partition coefficient (Wildman–Crippen LogP) is 4.14. The van der Waals surface area contributed by atoms with Gasteiger partial charge in [-0.1, -0.05) is 49.9 Å². The standard InChI is InChI=1S/C25H26N2O4/c26-19-12-18(25(30)31-15-10-9-13-5-1-2-6-14(13)11-15)22(27)21-20(19)23(28)16-7-3-4-8-17(16)24(21)29/h3-4,7-8,12-15H,1-2,5-6,9-11,26-27H2. The number of esters is 1. The van der Waals surface area contributed by atoms with E-state index in [0.717, 1.165) is 25.2 Å². The van der Waals surface area contributed by atoms with Crippen LogP contribution in [0.25, 0.3) is 0 Å². The summed E-state index contributed by atoms with van der Waals surface area (Å²) in [5.74, 6) is 0.0286. The van der Waals surface area contributed by atoms with E-state index < -0.39 is 11.8 Å². The summed E-state index contributed by atoms with van der Waals surface area (Å²) >= 11 is 0. The van der Waals surface area contributed by atoms with Gasteiger partial charge in [0.05, 0.1) is 22.4 Å². The molecule has 0 aliphatic heterocycles. The number of hydrogen-bond donors (Lipinski definition) is 2. The first-order chi connectivity index (χ1) is 15.0. The molecule has 0 aromatic heterocycles. The van der Waals surface area contributed by atoms with Crippen LogP contribution in [0.5, 0.6) is 0 Å². The van der Waals surface area contributed by atoms with Gasteiger partial charge in [0.25, 0.3) is 0 Å². The zero-order valence-electron chi connectivity index (χ0n) is 17.4. The molecule has 160 valence electrons. The number of ketones is 2. The Morgan fingerprint density at radius 3 is 2.23 bits per heavy atom. The van der Waals surface area contributed by atoms with Crippen LogP contribution in [0.2, 0.25) is 0 Å². The van der Waals surface area contributed by atoms with Crippen molar-refractivity contribution in [3.8, 4) is 0 Å². The topological polar surface area (TPSA) is 112 Å². The fourth-order valence-electron chi connectivity index (χ4n) is 5.67. The monoisotopic (exact) mass is 418 g/mol. The highest BCUT2D eigenvalue weighted by molar-refractivity contribution is 6.32. The maximum atomic E-state index is 13.1. The first-order valence-electron chi connectivity index (χ1n) is 11.1. The summed E-state index contributed by atoms with van der Waals surface area (Å²) < 4.78 is 5.81. The van der Waals surface area contributed by atoms with Gasteiger partial charge in [-0.25, -0.2) is 4.79 Å². The smallest absolute Gasteiger partial charge is 0.340 e. The minimum atomic E-state index is -0.578. The molecule has 6 nitrogen and oxygen atoms in total. The van der Waals surface area contributed by atoms with Gasteiger partial charge in [0.15, 0.2) is 11.6 Å². The summed E-state index contributed by atoms with van der Waals surface area (Å²) in [6.07, 6.45) is 7.66. The predicted molar refractivity (Wildman–Crippen MR) is 117 cm³/mol. The number of carbonyl (C=O) groups is 3. The lowest BCUT2D eigenvalue weighted by molar-refractivity contribution is -0.000833. The maximum Gasteiger partial charge on any atom is 0.340 e. The van der Waals surface area contributed by atoms with E-state index in [-0.39, 0.29) is 45.5 Å². The van der Waals surface area contributed by atoms with Crippen molar-refractivity contribution in [3.63, 3.8) is 0 Å². The van der Waals surface area contributed by atoms with Crippen molar-refractivity contribution >= 4 is 28.9 Å². The van der Waals surface area contributed by atoms with Gasteiger partial charge in [-0.05, 0) is 37.2 Å². The second kappa shape index (κ2) is 7.52. The normalized spacial score (nSPS) is 24.7. The molecular weight excluding hydrogens is 392 g/mol. The molecule has 31 heavy (non-hydrogen) atoms. The minimum Gasteiger partial charge on any atom is -0.459 e. The third-order valence-corrected chi connectivity index (χ3v) is 7.25. The van der Waals surface area contributed by atoms with Crippen LogP contribution >= 0.6 is 0 Å². The molecule has 3 aliphatic carbocycles. The first-order valence-corrected chi connectivity index (χ1v) is 11.1. The van der Waals surface area contributed by atoms with Crippen molar-refractivity contribution in [2.75, 3.05) is 11.5 Å². The number of nitrogens with two attached hydrogens (primary N) is 2. The SMILES string of the molecule is Nc1cc(C(=O)OC2CCC3CCCCC3C2)c(N)c2c1C(=O)c1ccccc1C2=O. The molecule has 3 unspecified atom stereocenters. The van der Waals surface area contributed by atoms with E-state index in [1.807, 2.05) is 0 Å². The first kappa shape index (κ1) is 19.8. The summed E-state index contributed by atoms with van der Waals surface area (Å²) in [6.45, 7) is 0. The van der Waals surface area contributed by atoms with Gasteiger partial charge in [-0.2, -0.15) is 0 Å². The van der Waals surface area contributed by atoms with Gasteiger partial charge in [0.2, 0.25) is 0 Å². The Balaban J connectivity index is 1.44. The molecule has 2 fully saturated rings. The highest BCUT2D eigenvalue weighted by Gasteiger charge is 2.37. The van der Waals surface area contributed by atoms with Crippen molar-refractivity contribution in [1.29, 1.82) is 0 Å². The molecule has 0 saturated heterocycles. The van der Waals surface area contributed by atoms with E-state index in [4.69, 9.17) is 16.2 Å². The summed E-state index contributed by atoms with van der Waals surface area (Å²) in [5, 5.41) is 0. The third kappa shape index (κ3) is 3.21. The van der Waals surface area contributed by atoms with E-state index >= 15 is 0 Å². The highest BCUT2D eigenvalue weighted by Crippen LogP contribution is 2.42. The zero-order valence-corrected chi connectivity index (χ0v) is 17.4. The number of carbonyl (C=O) groups excluding carboxylic acids is 3. The lowest BCUT2D eigenvalue weighted by Gasteiger charge is -2.38. The summed E-state index contributed by atoms with van der Waals surface area (Å²) in [6, 6.07) is 7.94. The molecule has 2 aromatic rings. The molecule has 6 heteroatoms. The number of hydrogen-bond acceptors (Lipinski definition) is 6. The molecule has 5 rings (SSSR count). The fourth-order valence-corrected chi connectivity index (χ4v) is 5.67. The van der Waals surface area contributed by atoms with Crippen LogP contribution in [0, 0.1) is 11.8 Å². The van der Waals surface area contributed by atoms with E-state index in [9.17, 15) is 14.4 Å². The number of rotatable bonds is 2. The van der Waals surface area contributed by atoms with Crippen molar-refractivity contribution in [2.45, 2.75) is 51.0 Å². The number of nitrogen functional groups attached to an aromatic ring is 2. The lowest BCUT2D eigenvalue weighted by Crippen LogP contribution is -2.33. The maximum absolute atomic E-state index is 13.1. The zero-order chi connectivity index (χ0) is 21.7. The van der Waals surface area contributed by atoms with Gasteiger partial charge in [-0.15, -0.1) is 0 Å². The van der Waals surface area contributed by atoms with Gasteiger partial charge in [-0.3, -0.25) is 9.59 Å². The Labute approximate surface area is 180 Å². The van der Waals surface area contributed by atoms with Gasteiger partial charge in [0.1, 0.15) is 6.10 Å². The Bertz CT molecular complexity index is 1110. The number of anilines is 2.